The van der Waals surface area contributed by atoms with Crippen LogP contribution in [0, 0.1) is 0 Å². The van der Waals surface area contributed by atoms with Gasteiger partial charge in [0.1, 0.15) is 4.90 Å². The van der Waals surface area contributed by atoms with Gasteiger partial charge in [-0.1, -0.05) is 23.2 Å². The number of aromatic carboxylic acids is 1. The van der Waals surface area contributed by atoms with Gasteiger partial charge in [-0.3, -0.25) is 4.79 Å². The molecule has 1 aliphatic rings. The van der Waals surface area contributed by atoms with Gasteiger partial charge in [0.25, 0.3) is 0 Å². The van der Waals surface area contributed by atoms with E-state index in [9.17, 15) is 18.0 Å². The topological polar surface area (TPSA) is 113 Å². The van der Waals surface area contributed by atoms with Crippen LogP contribution in [0.25, 0.3) is 0 Å². The normalized spacial score (nSPS) is 18.6. The Kier molecular flexibility index (Phi) is 4.43. The molecule has 10 heteroatoms. The number of carboxylic acid groups (broad SMARTS) is 1. The van der Waals surface area contributed by atoms with Crippen molar-refractivity contribution in [1.29, 1.82) is 0 Å². The molecule has 7 nitrogen and oxygen atoms in total. The molecule has 1 aromatic rings. The molecule has 0 spiro atoms. The monoisotopic (exact) mass is 352 g/mol. The molecule has 0 aromatic heterocycles. The van der Waals surface area contributed by atoms with E-state index < -0.39 is 37.5 Å². The molecule has 3 N–H and O–H groups in total. The van der Waals surface area contributed by atoms with E-state index in [4.69, 9.17) is 28.3 Å². The zero-order valence-corrected chi connectivity index (χ0v) is 12.7. The van der Waals surface area contributed by atoms with Crippen molar-refractivity contribution in [2.45, 2.75) is 17.4 Å². The largest absolute Gasteiger partial charge is 0.478 e. The van der Waals surface area contributed by atoms with Gasteiger partial charge in [-0.25, -0.2) is 17.9 Å². The second kappa shape index (κ2) is 5.80. The Balaban J connectivity index is 2.40. The summed E-state index contributed by atoms with van der Waals surface area (Å²) in [5.41, 5.74) is -0.412. The van der Waals surface area contributed by atoms with Crippen molar-refractivity contribution in [3.63, 3.8) is 0 Å². The van der Waals surface area contributed by atoms with Crippen LogP contribution in [0.5, 0.6) is 0 Å². The Hall–Kier alpha value is -1.35. The lowest BCUT2D eigenvalue weighted by Gasteiger charge is -2.13. The molecule has 1 heterocycles. The number of rotatable bonds is 4. The lowest BCUT2D eigenvalue weighted by atomic mass is 10.2. The molecular formula is C11H10Cl2N2O5S. The number of benzene rings is 1. The highest BCUT2D eigenvalue weighted by atomic mass is 35.5. The van der Waals surface area contributed by atoms with Gasteiger partial charge in [0.05, 0.1) is 10.6 Å². The second-order valence-corrected chi connectivity index (χ2v) is 6.89. The third-order valence-corrected chi connectivity index (χ3v) is 5.11. The predicted octanol–water partition coefficient (Wildman–Crippen LogP) is 0.858. The van der Waals surface area contributed by atoms with Gasteiger partial charge >= 0.3 is 5.97 Å². The van der Waals surface area contributed by atoms with Crippen LogP contribution in [0.4, 0.5) is 0 Å². The summed E-state index contributed by atoms with van der Waals surface area (Å²) in [5.74, 6) is -1.66. The third kappa shape index (κ3) is 3.46. The summed E-state index contributed by atoms with van der Waals surface area (Å²) in [4.78, 5) is 21.7. The van der Waals surface area contributed by atoms with E-state index in [0.717, 1.165) is 12.1 Å². The number of carbonyl (C=O) groups excluding carboxylic acids is 1. The summed E-state index contributed by atoms with van der Waals surface area (Å²) in [5, 5.41) is 11.0. The molecule has 21 heavy (non-hydrogen) atoms. The molecule has 1 unspecified atom stereocenters. The first-order valence-corrected chi connectivity index (χ1v) is 7.96. The molecule has 0 radical (unpaired) electrons. The van der Waals surface area contributed by atoms with Crippen molar-refractivity contribution in [3.05, 3.63) is 27.7 Å². The van der Waals surface area contributed by atoms with Crippen LogP contribution < -0.4 is 10.0 Å². The van der Waals surface area contributed by atoms with E-state index in [0.29, 0.717) is 0 Å². The number of hydrogen-bond donors (Lipinski definition) is 3. The minimum atomic E-state index is -4.10. The first kappa shape index (κ1) is 16.0. The van der Waals surface area contributed by atoms with Gasteiger partial charge in [-0.2, -0.15) is 0 Å². The zero-order valence-electron chi connectivity index (χ0n) is 10.4. The summed E-state index contributed by atoms with van der Waals surface area (Å²) >= 11 is 11.6. The van der Waals surface area contributed by atoms with Crippen molar-refractivity contribution < 1.29 is 23.1 Å². The number of amides is 1. The van der Waals surface area contributed by atoms with Crippen LogP contribution in [0.3, 0.4) is 0 Å². The minimum absolute atomic E-state index is 0.00318. The molecule has 0 saturated carbocycles. The molecule has 1 saturated heterocycles. The van der Waals surface area contributed by atoms with Gasteiger partial charge in [0, 0.05) is 24.0 Å². The van der Waals surface area contributed by atoms with Crippen LogP contribution in [0.2, 0.25) is 10.0 Å². The number of halogens is 2. The molecule has 1 aliphatic heterocycles. The lowest BCUT2D eigenvalue weighted by molar-refractivity contribution is -0.119. The van der Waals surface area contributed by atoms with Crippen LogP contribution >= 0.6 is 23.2 Å². The molecule has 0 aliphatic carbocycles. The minimum Gasteiger partial charge on any atom is -0.478 e. The van der Waals surface area contributed by atoms with E-state index in [1.807, 2.05) is 0 Å². The van der Waals surface area contributed by atoms with Gasteiger partial charge in [-0.15, -0.1) is 0 Å². The highest BCUT2D eigenvalue weighted by molar-refractivity contribution is 7.89. The first-order chi connectivity index (χ1) is 9.70. The Morgan fingerprint density at radius 2 is 2.05 bits per heavy atom. The maximum Gasteiger partial charge on any atom is 0.337 e. The maximum atomic E-state index is 12.3. The Labute approximate surface area is 130 Å². The van der Waals surface area contributed by atoms with Crippen LogP contribution in [-0.2, 0) is 14.8 Å². The fraction of sp³-hybridized carbons (Fsp3) is 0.273. The van der Waals surface area contributed by atoms with E-state index >= 15 is 0 Å². The molecule has 1 amide bonds. The van der Waals surface area contributed by atoms with Crippen LogP contribution in [-0.4, -0.2) is 38.0 Å². The molecule has 1 fully saturated rings. The number of sulfonamides is 1. The summed E-state index contributed by atoms with van der Waals surface area (Å²) in [6.45, 7) is 0.155. The third-order valence-electron chi connectivity index (χ3n) is 2.82. The molecule has 2 rings (SSSR count). The maximum absolute atomic E-state index is 12.3. The van der Waals surface area contributed by atoms with Crippen molar-refractivity contribution in [1.82, 2.24) is 10.0 Å². The quantitative estimate of drug-likeness (QED) is 0.743. The van der Waals surface area contributed by atoms with Crippen molar-refractivity contribution in [2.24, 2.45) is 0 Å². The second-order valence-electron chi connectivity index (χ2n) is 4.40. The predicted molar refractivity (Wildman–Crippen MR) is 75.2 cm³/mol. The Bertz CT molecular complexity index is 720. The van der Waals surface area contributed by atoms with Crippen LogP contribution in [0.15, 0.2) is 17.0 Å². The fourth-order valence-corrected chi connectivity index (χ4v) is 4.02. The van der Waals surface area contributed by atoms with Gasteiger partial charge in [0.2, 0.25) is 15.9 Å². The van der Waals surface area contributed by atoms with Gasteiger partial charge < -0.3 is 10.4 Å². The summed E-state index contributed by atoms with van der Waals surface area (Å²) in [6, 6.07) is 1.50. The standard InChI is InChI=1S/C11H10Cl2N2O5S/c12-5-1-7(11(17)18)10(13)8(2-5)21(19,20)15-6-3-9(16)14-4-6/h1-2,6,15H,3-4H2,(H,14,16)(H,17,18). The van der Waals surface area contributed by atoms with Gasteiger partial charge in [0.15, 0.2) is 0 Å². The summed E-state index contributed by atoms with van der Waals surface area (Å²) in [6.07, 6.45) is 0.00318. The lowest BCUT2D eigenvalue weighted by Crippen LogP contribution is -2.36. The Morgan fingerprint density at radius 3 is 2.57 bits per heavy atom. The highest BCUT2D eigenvalue weighted by Gasteiger charge is 2.29. The Morgan fingerprint density at radius 1 is 1.38 bits per heavy atom. The van der Waals surface area contributed by atoms with E-state index in [2.05, 4.69) is 10.0 Å². The summed E-state index contributed by atoms with van der Waals surface area (Å²) in [7, 11) is -4.10. The number of carboxylic acids is 1. The molecular weight excluding hydrogens is 343 g/mol. The van der Waals surface area contributed by atoms with Crippen molar-refractivity contribution in [2.75, 3.05) is 6.54 Å². The number of hydrogen-bond acceptors (Lipinski definition) is 4. The summed E-state index contributed by atoms with van der Waals surface area (Å²) < 4.78 is 26.8. The average molecular weight is 353 g/mol. The number of nitrogens with one attached hydrogen (secondary N) is 2. The van der Waals surface area contributed by atoms with E-state index in [1.165, 1.54) is 0 Å². The van der Waals surface area contributed by atoms with E-state index in [1.54, 1.807) is 0 Å². The SMILES string of the molecule is O=C1CC(NS(=O)(=O)c2cc(Cl)cc(C(=O)O)c2Cl)CN1. The molecule has 1 atom stereocenters. The molecule has 0 bridgehead atoms. The smallest absolute Gasteiger partial charge is 0.337 e. The van der Waals surface area contributed by atoms with Crippen molar-refractivity contribution in [3.8, 4) is 0 Å². The number of carbonyl (C=O) groups is 2. The van der Waals surface area contributed by atoms with E-state index in [-0.39, 0.29) is 23.9 Å². The fourth-order valence-electron chi connectivity index (χ4n) is 1.89. The molecule has 1 aromatic carbocycles. The first-order valence-electron chi connectivity index (χ1n) is 5.72. The van der Waals surface area contributed by atoms with Crippen LogP contribution in [0.1, 0.15) is 16.8 Å². The molecule has 114 valence electrons. The average Bonchev–Trinajstić information content (AvgIpc) is 2.76. The van der Waals surface area contributed by atoms with Gasteiger partial charge in [-0.05, 0) is 12.1 Å². The zero-order chi connectivity index (χ0) is 15.8. The van der Waals surface area contributed by atoms with Crippen molar-refractivity contribution >= 4 is 45.1 Å². The highest BCUT2D eigenvalue weighted by Crippen LogP contribution is 2.29.